The Bertz CT molecular complexity index is 827. The van der Waals surface area contributed by atoms with E-state index in [2.05, 4.69) is 10.2 Å². The molecular weight excluding hydrogens is 439 g/mol. The normalized spacial score (nSPS) is 20.6. The molecule has 31 heavy (non-hydrogen) atoms. The number of likely N-dealkylation sites (tertiary alicyclic amines) is 1. The Morgan fingerprint density at radius 2 is 1.84 bits per heavy atom. The average molecular weight is 469 g/mol. The van der Waals surface area contributed by atoms with E-state index in [0.29, 0.717) is 61.3 Å². The number of halogens is 2. The number of carbonyl (C=O) groups excluding carboxylic acids is 3. The molecule has 0 bridgehead atoms. The van der Waals surface area contributed by atoms with Gasteiger partial charge in [-0.2, -0.15) is 0 Å². The highest BCUT2D eigenvalue weighted by Crippen LogP contribution is 2.27. The quantitative estimate of drug-likeness (QED) is 0.696. The molecule has 3 rings (SSSR count). The summed E-state index contributed by atoms with van der Waals surface area (Å²) in [4.78, 5) is 43.8. The first-order chi connectivity index (χ1) is 14.8. The van der Waals surface area contributed by atoms with Gasteiger partial charge in [-0.3, -0.25) is 19.3 Å². The highest BCUT2D eigenvalue weighted by molar-refractivity contribution is 6.35. The van der Waals surface area contributed by atoms with Gasteiger partial charge >= 0.3 is 0 Å². The maximum Gasteiger partial charge on any atom is 0.256 e. The first kappa shape index (κ1) is 23.8. The molecule has 0 aliphatic carbocycles. The van der Waals surface area contributed by atoms with E-state index in [4.69, 9.17) is 23.2 Å². The van der Waals surface area contributed by atoms with Crippen LogP contribution in [-0.2, 0) is 9.59 Å². The number of amides is 3. The summed E-state index contributed by atoms with van der Waals surface area (Å²) in [6.45, 7) is 7.26. The summed E-state index contributed by atoms with van der Waals surface area (Å²) in [6, 6.07) is 4.46. The van der Waals surface area contributed by atoms with Gasteiger partial charge in [0.05, 0.1) is 17.1 Å². The van der Waals surface area contributed by atoms with E-state index in [0.717, 1.165) is 12.8 Å². The van der Waals surface area contributed by atoms with Crippen LogP contribution in [0, 0.1) is 0 Å². The van der Waals surface area contributed by atoms with E-state index in [1.165, 1.54) is 0 Å². The average Bonchev–Trinajstić information content (AvgIpc) is 3.24. The third kappa shape index (κ3) is 5.90. The lowest BCUT2D eigenvalue weighted by Crippen LogP contribution is -2.55. The molecule has 1 aromatic rings. The van der Waals surface area contributed by atoms with E-state index in [-0.39, 0.29) is 23.8 Å². The Balaban J connectivity index is 1.57. The van der Waals surface area contributed by atoms with Crippen LogP contribution in [0.15, 0.2) is 18.2 Å². The van der Waals surface area contributed by atoms with Crippen molar-refractivity contribution in [1.29, 1.82) is 0 Å². The smallest absolute Gasteiger partial charge is 0.256 e. The van der Waals surface area contributed by atoms with Crippen LogP contribution in [0.3, 0.4) is 0 Å². The Morgan fingerprint density at radius 3 is 2.52 bits per heavy atom. The lowest BCUT2D eigenvalue weighted by atomic mass is 10.1. The van der Waals surface area contributed by atoms with Gasteiger partial charge in [-0.25, -0.2) is 0 Å². The van der Waals surface area contributed by atoms with Gasteiger partial charge < -0.3 is 15.1 Å². The molecular formula is C22H30Cl2N4O3. The Hall–Kier alpha value is -1.83. The molecule has 2 unspecified atom stereocenters. The van der Waals surface area contributed by atoms with Crippen LogP contribution in [0.2, 0.25) is 10.0 Å². The summed E-state index contributed by atoms with van der Waals surface area (Å²) in [5, 5.41) is 3.74. The van der Waals surface area contributed by atoms with Crippen LogP contribution in [0.25, 0.3) is 0 Å². The van der Waals surface area contributed by atoms with Gasteiger partial charge in [0.25, 0.3) is 5.91 Å². The van der Waals surface area contributed by atoms with Crippen molar-refractivity contribution in [3.8, 4) is 0 Å². The predicted molar refractivity (Wildman–Crippen MR) is 121 cm³/mol. The molecule has 1 N–H and O–H groups in total. The van der Waals surface area contributed by atoms with E-state index in [1.807, 2.05) is 13.8 Å². The molecule has 2 saturated heterocycles. The van der Waals surface area contributed by atoms with E-state index in [9.17, 15) is 14.4 Å². The fourth-order valence-corrected chi connectivity index (χ4v) is 4.42. The molecule has 1 aromatic carbocycles. The summed E-state index contributed by atoms with van der Waals surface area (Å²) in [7, 11) is 0. The van der Waals surface area contributed by atoms with Gasteiger partial charge in [-0.1, -0.05) is 30.1 Å². The van der Waals surface area contributed by atoms with Crippen molar-refractivity contribution in [2.24, 2.45) is 0 Å². The van der Waals surface area contributed by atoms with Crippen molar-refractivity contribution in [2.45, 2.75) is 45.2 Å². The molecule has 2 aliphatic heterocycles. The zero-order valence-corrected chi connectivity index (χ0v) is 19.6. The van der Waals surface area contributed by atoms with Crippen molar-refractivity contribution in [1.82, 2.24) is 20.0 Å². The zero-order chi connectivity index (χ0) is 22.5. The minimum absolute atomic E-state index is 0.0140. The fourth-order valence-electron chi connectivity index (χ4n) is 4.05. The van der Waals surface area contributed by atoms with Crippen molar-refractivity contribution in [3.63, 3.8) is 0 Å². The summed E-state index contributed by atoms with van der Waals surface area (Å²) in [5.41, 5.74) is 0.325. The third-order valence-corrected chi connectivity index (χ3v) is 6.59. The fraction of sp³-hybridized carbons (Fsp3) is 0.591. The van der Waals surface area contributed by atoms with Gasteiger partial charge in [-0.05, 0) is 44.4 Å². The van der Waals surface area contributed by atoms with Crippen LogP contribution >= 0.6 is 23.2 Å². The molecule has 2 atom stereocenters. The Kier molecular flexibility index (Phi) is 8.19. The Labute approximate surface area is 193 Å². The second-order valence-corrected chi connectivity index (χ2v) is 9.10. The van der Waals surface area contributed by atoms with Crippen LogP contribution in [0.1, 0.15) is 43.5 Å². The summed E-state index contributed by atoms with van der Waals surface area (Å²) >= 11 is 12.2. The predicted octanol–water partition coefficient (Wildman–Crippen LogP) is 2.66. The molecule has 3 amide bonds. The second-order valence-electron chi connectivity index (χ2n) is 8.26. The maximum atomic E-state index is 13.2. The van der Waals surface area contributed by atoms with Gasteiger partial charge in [0.2, 0.25) is 11.8 Å². The molecule has 0 saturated carbocycles. The lowest BCUT2D eigenvalue weighted by Gasteiger charge is -2.37. The van der Waals surface area contributed by atoms with Crippen molar-refractivity contribution < 1.29 is 14.4 Å². The largest absolute Gasteiger partial charge is 0.353 e. The standard InChI is InChI=1S/C22H30Cl2N4O3/c1-3-15(2)25-20(29)14-26-9-11-27(12-10-26)22(31)19-5-4-8-28(19)21(30)17-13-16(23)6-7-18(17)24/h6-7,13,15,19H,3-5,8-12,14H2,1-2H3,(H,25,29). The molecule has 0 radical (unpaired) electrons. The minimum Gasteiger partial charge on any atom is -0.353 e. The highest BCUT2D eigenvalue weighted by atomic mass is 35.5. The molecule has 2 aliphatic rings. The first-order valence-corrected chi connectivity index (χ1v) is 11.6. The molecule has 0 spiro atoms. The van der Waals surface area contributed by atoms with Gasteiger partial charge in [0, 0.05) is 43.8 Å². The number of benzene rings is 1. The third-order valence-electron chi connectivity index (χ3n) is 6.03. The summed E-state index contributed by atoms with van der Waals surface area (Å²) in [5.74, 6) is -0.281. The number of hydrogen-bond donors (Lipinski definition) is 1. The lowest BCUT2D eigenvalue weighted by molar-refractivity contribution is -0.137. The van der Waals surface area contributed by atoms with Crippen LogP contribution in [0.4, 0.5) is 0 Å². The summed E-state index contributed by atoms with van der Waals surface area (Å²) < 4.78 is 0. The zero-order valence-electron chi connectivity index (χ0n) is 18.1. The maximum absolute atomic E-state index is 13.2. The van der Waals surface area contributed by atoms with Crippen molar-refractivity contribution >= 4 is 40.9 Å². The molecule has 7 nitrogen and oxygen atoms in total. The number of hydrogen-bond acceptors (Lipinski definition) is 4. The van der Waals surface area contributed by atoms with Gasteiger partial charge in [-0.15, -0.1) is 0 Å². The molecule has 2 fully saturated rings. The molecule has 2 heterocycles. The van der Waals surface area contributed by atoms with E-state index < -0.39 is 6.04 Å². The van der Waals surface area contributed by atoms with Crippen LogP contribution < -0.4 is 5.32 Å². The van der Waals surface area contributed by atoms with Crippen molar-refractivity contribution in [2.75, 3.05) is 39.3 Å². The molecule has 9 heteroatoms. The monoisotopic (exact) mass is 468 g/mol. The van der Waals surface area contributed by atoms with Crippen LogP contribution in [-0.4, -0.2) is 83.8 Å². The SMILES string of the molecule is CCC(C)NC(=O)CN1CCN(C(=O)C2CCCN2C(=O)c2cc(Cl)ccc2Cl)CC1. The number of carbonyl (C=O) groups is 3. The number of nitrogens with one attached hydrogen (secondary N) is 1. The molecule has 0 aromatic heterocycles. The van der Waals surface area contributed by atoms with Crippen molar-refractivity contribution in [3.05, 3.63) is 33.8 Å². The van der Waals surface area contributed by atoms with E-state index in [1.54, 1.807) is 28.0 Å². The molecule has 170 valence electrons. The van der Waals surface area contributed by atoms with Crippen LogP contribution in [0.5, 0.6) is 0 Å². The van der Waals surface area contributed by atoms with E-state index >= 15 is 0 Å². The minimum atomic E-state index is -0.484. The Morgan fingerprint density at radius 1 is 1.13 bits per heavy atom. The van der Waals surface area contributed by atoms with Gasteiger partial charge in [0.1, 0.15) is 6.04 Å². The van der Waals surface area contributed by atoms with Gasteiger partial charge in [0.15, 0.2) is 0 Å². The first-order valence-electron chi connectivity index (χ1n) is 10.9. The number of piperazine rings is 1. The number of rotatable bonds is 6. The summed E-state index contributed by atoms with van der Waals surface area (Å²) in [6.07, 6.45) is 2.31. The number of nitrogens with zero attached hydrogens (tertiary/aromatic N) is 3. The highest BCUT2D eigenvalue weighted by Gasteiger charge is 2.38. The second kappa shape index (κ2) is 10.7. The topological polar surface area (TPSA) is 73.0 Å².